The molecule has 0 aliphatic rings. The second-order valence-electron chi connectivity index (χ2n) is 5.88. The van der Waals surface area contributed by atoms with Crippen LogP contribution >= 0.6 is 15.9 Å². The molecule has 1 aromatic carbocycles. The summed E-state index contributed by atoms with van der Waals surface area (Å²) >= 11 is 3.31. The highest BCUT2D eigenvalue weighted by atomic mass is 79.9. The van der Waals surface area contributed by atoms with Crippen molar-refractivity contribution in [3.05, 3.63) is 40.5 Å². The third kappa shape index (κ3) is 5.86. The molecule has 0 aliphatic heterocycles. The summed E-state index contributed by atoms with van der Waals surface area (Å²) in [6.45, 7) is 3.71. The summed E-state index contributed by atoms with van der Waals surface area (Å²) in [7, 11) is 0. The lowest BCUT2D eigenvalue weighted by atomic mass is 10.1. The van der Waals surface area contributed by atoms with Gasteiger partial charge >= 0.3 is 6.18 Å². The average molecular weight is 419 g/mol. The van der Waals surface area contributed by atoms with Crippen molar-refractivity contribution < 1.29 is 18.3 Å². The van der Waals surface area contributed by atoms with Gasteiger partial charge in [-0.3, -0.25) is 0 Å². The van der Waals surface area contributed by atoms with Crippen LogP contribution < -0.4 is 10.6 Å². The fourth-order valence-electron chi connectivity index (χ4n) is 2.12. The highest BCUT2D eigenvalue weighted by molar-refractivity contribution is 9.10. The van der Waals surface area contributed by atoms with Gasteiger partial charge in [0.15, 0.2) is 0 Å². The number of nitrogens with zero attached hydrogens (tertiary/aromatic N) is 2. The molecule has 0 radical (unpaired) electrons. The van der Waals surface area contributed by atoms with Gasteiger partial charge < -0.3 is 15.7 Å². The van der Waals surface area contributed by atoms with E-state index in [1.165, 1.54) is 0 Å². The predicted molar refractivity (Wildman–Crippen MR) is 93.5 cm³/mol. The van der Waals surface area contributed by atoms with E-state index in [1.54, 1.807) is 18.2 Å². The Morgan fingerprint density at radius 2 is 2.00 bits per heavy atom. The van der Waals surface area contributed by atoms with Gasteiger partial charge in [-0.05, 0) is 30.5 Å². The molecule has 136 valence electrons. The topological polar surface area (TPSA) is 70.1 Å². The van der Waals surface area contributed by atoms with Gasteiger partial charge in [0.1, 0.15) is 17.6 Å². The summed E-state index contributed by atoms with van der Waals surface area (Å²) in [4.78, 5) is 7.60. The molecule has 2 aromatic rings. The molecule has 25 heavy (non-hydrogen) atoms. The van der Waals surface area contributed by atoms with E-state index >= 15 is 0 Å². The van der Waals surface area contributed by atoms with Crippen LogP contribution in [0, 0.1) is 5.92 Å². The Labute approximate surface area is 151 Å². The van der Waals surface area contributed by atoms with Crippen LogP contribution in [0.15, 0.2) is 34.9 Å². The maximum atomic E-state index is 13.1. The normalized spacial score (nSPS) is 13.0. The van der Waals surface area contributed by atoms with Gasteiger partial charge in [0.05, 0.1) is 0 Å². The van der Waals surface area contributed by atoms with Crippen molar-refractivity contribution in [3.8, 4) is 0 Å². The molecule has 1 atom stereocenters. The number of nitrogens with one attached hydrogen (secondary N) is 2. The van der Waals surface area contributed by atoms with E-state index < -0.39 is 23.8 Å². The Morgan fingerprint density at radius 1 is 1.28 bits per heavy atom. The molecule has 0 saturated heterocycles. The van der Waals surface area contributed by atoms with Gasteiger partial charge in [0.25, 0.3) is 0 Å². The highest BCUT2D eigenvalue weighted by Crippen LogP contribution is 2.34. The molecule has 9 heteroatoms. The fourth-order valence-corrected chi connectivity index (χ4v) is 2.52. The lowest BCUT2D eigenvalue weighted by Crippen LogP contribution is -2.24. The molecule has 0 spiro atoms. The molecule has 3 N–H and O–H groups in total. The van der Waals surface area contributed by atoms with E-state index in [-0.39, 0.29) is 18.3 Å². The number of hydrogen-bond donors (Lipinski definition) is 3. The van der Waals surface area contributed by atoms with E-state index in [4.69, 9.17) is 0 Å². The van der Waals surface area contributed by atoms with Gasteiger partial charge in [-0.15, -0.1) is 0 Å². The van der Waals surface area contributed by atoms with Gasteiger partial charge in [-0.1, -0.05) is 35.8 Å². The SMILES string of the molecule is CC(C)CC(O)Nc1nc(Nc2cccc(Br)c2)ncc1C(F)(F)F. The first kappa shape index (κ1) is 19.5. The van der Waals surface area contributed by atoms with Crippen LogP contribution in [-0.4, -0.2) is 21.3 Å². The van der Waals surface area contributed by atoms with Crippen LogP contribution in [0.1, 0.15) is 25.8 Å². The lowest BCUT2D eigenvalue weighted by Gasteiger charge is -2.19. The predicted octanol–water partition coefficient (Wildman–Crippen LogP) is 4.78. The van der Waals surface area contributed by atoms with E-state index in [9.17, 15) is 18.3 Å². The molecular weight excluding hydrogens is 401 g/mol. The molecule has 1 unspecified atom stereocenters. The summed E-state index contributed by atoms with van der Waals surface area (Å²) in [5.41, 5.74) is -0.419. The van der Waals surface area contributed by atoms with Crippen molar-refractivity contribution in [1.29, 1.82) is 0 Å². The van der Waals surface area contributed by atoms with Gasteiger partial charge in [-0.2, -0.15) is 18.2 Å². The highest BCUT2D eigenvalue weighted by Gasteiger charge is 2.35. The standard InChI is InChI=1S/C16H18BrF3N4O/c1-9(2)6-13(25)23-14-12(16(18,19)20)8-21-15(24-14)22-11-5-3-4-10(17)7-11/h3-5,7-9,13,25H,6H2,1-2H3,(H2,21,22,23,24). The maximum Gasteiger partial charge on any atom is 0.421 e. The Morgan fingerprint density at radius 3 is 2.60 bits per heavy atom. The largest absolute Gasteiger partial charge is 0.421 e. The average Bonchev–Trinajstić information content (AvgIpc) is 2.45. The zero-order valence-corrected chi connectivity index (χ0v) is 15.2. The fraction of sp³-hybridized carbons (Fsp3) is 0.375. The van der Waals surface area contributed by atoms with Gasteiger partial charge in [-0.25, -0.2) is 4.98 Å². The van der Waals surface area contributed by atoms with Crippen LogP contribution in [0.5, 0.6) is 0 Å². The van der Waals surface area contributed by atoms with E-state index in [2.05, 4.69) is 36.5 Å². The number of aromatic nitrogens is 2. The summed E-state index contributed by atoms with van der Waals surface area (Å²) in [5, 5.41) is 15.2. The number of aliphatic hydroxyl groups excluding tert-OH is 1. The third-order valence-corrected chi connectivity index (χ3v) is 3.67. The summed E-state index contributed by atoms with van der Waals surface area (Å²) in [5.74, 6) is -0.364. The van der Waals surface area contributed by atoms with Gasteiger partial charge in [0.2, 0.25) is 5.95 Å². The molecular formula is C16H18BrF3N4O. The van der Waals surface area contributed by atoms with Crippen molar-refractivity contribution in [2.45, 2.75) is 32.7 Å². The third-order valence-electron chi connectivity index (χ3n) is 3.17. The first-order valence-corrected chi connectivity index (χ1v) is 8.36. The first-order valence-electron chi connectivity index (χ1n) is 7.56. The van der Waals surface area contributed by atoms with E-state index in [1.807, 2.05) is 19.9 Å². The smallest absolute Gasteiger partial charge is 0.374 e. The first-order chi connectivity index (χ1) is 11.6. The molecule has 1 heterocycles. The quantitative estimate of drug-likeness (QED) is 0.589. The van der Waals surface area contributed by atoms with Crippen molar-refractivity contribution in [3.63, 3.8) is 0 Å². The molecule has 0 saturated carbocycles. The van der Waals surface area contributed by atoms with Crippen LogP contribution in [0.3, 0.4) is 0 Å². The van der Waals surface area contributed by atoms with Crippen LogP contribution in [0.25, 0.3) is 0 Å². The summed E-state index contributed by atoms with van der Waals surface area (Å²) in [6, 6.07) is 7.05. The Hall–Kier alpha value is -1.87. The number of rotatable bonds is 6. The molecule has 1 aromatic heterocycles. The number of alkyl halides is 3. The summed E-state index contributed by atoms with van der Waals surface area (Å²) < 4.78 is 40.2. The minimum atomic E-state index is -4.63. The minimum Gasteiger partial charge on any atom is -0.374 e. The number of benzene rings is 1. The van der Waals surface area contributed by atoms with Crippen molar-refractivity contribution in [2.24, 2.45) is 5.92 Å². The second kappa shape index (κ2) is 8.01. The molecule has 5 nitrogen and oxygen atoms in total. The Bertz CT molecular complexity index is 725. The second-order valence-corrected chi connectivity index (χ2v) is 6.79. The van der Waals surface area contributed by atoms with Crippen molar-refractivity contribution >= 4 is 33.4 Å². The van der Waals surface area contributed by atoms with E-state index in [0.29, 0.717) is 11.9 Å². The van der Waals surface area contributed by atoms with Crippen LogP contribution in [0.4, 0.5) is 30.6 Å². The number of anilines is 3. The van der Waals surface area contributed by atoms with E-state index in [0.717, 1.165) is 4.47 Å². The van der Waals surface area contributed by atoms with Crippen LogP contribution in [0.2, 0.25) is 0 Å². The molecule has 0 amide bonds. The van der Waals surface area contributed by atoms with Crippen molar-refractivity contribution in [1.82, 2.24) is 9.97 Å². The number of halogens is 4. The molecule has 0 bridgehead atoms. The van der Waals surface area contributed by atoms with Crippen molar-refractivity contribution in [2.75, 3.05) is 10.6 Å². The monoisotopic (exact) mass is 418 g/mol. The van der Waals surface area contributed by atoms with Crippen LogP contribution in [-0.2, 0) is 6.18 Å². The maximum absolute atomic E-state index is 13.1. The zero-order valence-electron chi connectivity index (χ0n) is 13.6. The Kier molecular flexibility index (Phi) is 6.23. The number of hydrogen-bond acceptors (Lipinski definition) is 5. The Balaban J connectivity index is 2.29. The summed E-state index contributed by atoms with van der Waals surface area (Å²) in [6.07, 6.45) is -4.79. The molecule has 0 aliphatic carbocycles. The molecule has 2 rings (SSSR count). The minimum absolute atomic E-state index is 0.00894. The molecule has 0 fully saturated rings. The van der Waals surface area contributed by atoms with Gasteiger partial charge in [0, 0.05) is 16.4 Å². The zero-order chi connectivity index (χ0) is 18.6. The number of aliphatic hydroxyl groups is 1. The lowest BCUT2D eigenvalue weighted by molar-refractivity contribution is -0.137.